The normalized spacial score (nSPS) is 12.7. The second kappa shape index (κ2) is 6.50. The molecule has 0 aliphatic carbocycles. The Morgan fingerprint density at radius 1 is 1.24 bits per heavy atom. The molecule has 1 aromatic carbocycles. The van der Waals surface area contributed by atoms with Crippen LogP contribution in [0, 0.1) is 0 Å². The van der Waals surface area contributed by atoms with E-state index >= 15 is 0 Å². The lowest BCUT2D eigenvalue weighted by Gasteiger charge is -2.07. The van der Waals surface area contributed by atoms with Crippen LogP contribution in [0.4, 0.5) is 0 Å². The molecule has 5 nitrogen and oxygen atoms in total. The summed E-state index contributed by atoms with van der Waals surface area (Å²) < 4.78 is 15.8. The summed E-state index contributed by atoms with van der Waals surface area (Å²) in [6.07, 6.45) is 1.74. The highest BCUT2D eigenvalue weighted by Crippen LogP contribution is 2.26. The molecule has 1 unspecified atom stereocenters. The molecule has 25 heavy (non-hydrogen) atoms. The van der Waals surface area contributed by atoms with Crippen LogP contribution in [0.2, 0.25) is 0 Å². The molecule has 0 N–H and O–H groups in total. The van der Waals surface area contributed by atoms with Gasteiger partial charge in [0.25, 0.3) is 0 Å². The van der Waals surface area contributed by atoms with Crippen LogP contribution in [0.15, 0.2) is 53.1 Å². The summed E-state index contributed by atoms with van der Waals surface area (Å²) in [5, 5.41) is 3.53. The molecule has 3 aromatic heterocycles. The van der Waals surface area contributed by atoms with Gasteiger partial charge in [-0.15, -0.1) is 11.3 Å². The van der Waals surface area contributed by atoms with E-state index in [-0.39, 0.29) is 18.1 Å². The average molecular weight is 369 g/mol. The van der Waals surface area contributed by atoms with Crippen molar-refractivity contribution in [1.82, 2.24) is 14.5 Å². The van der Waals surface area contributed by atoms with Crippen molar-refractivity contribution in [2.24, 2.45) is 0 Å². The largest absolute Gasteiger partial charge is 0.309 e. The number of carbonyl (C=O) groups excluding carboxylic acids is 1. The number of thiophene rings is 1. The molecule has 0 radical (unpaired) electrons. The van der Waals surface area contributed by atoms with Gasteiger partial charge in [-0.25, -0.2) is 4.98 Å². The first kappa shape index (κ1) is 16.1. The van der Waals surface area contributed by atoms with Crippen molar-refractivity contribution in [1.29, 1.82) is 0 Å². The molecule has 4 rings (SSSR count). The smallest absolute Gasteiger partial charge is 0.200 e. The SMILES string of the molecule is CC(=O)Cn1c(S(=O)Cc2nccc3ccsc23)nc2ccccc21. The van der Waals surface area contributed by atoms with Crippen molar-refractivity contribution >= 4 is 49.0 Å². The Morgan fingerprint density at radius 2 is 2.08 bits per heavy atom. The van der Waals surface area contributed by atoms with Gasteiger partial charge in [-0.05, 0) is 42.0 Å². The summed E-state index contributed by atoms with van der Waals surface area (Å²) in [5.41, 5.74) is 2.37. The molecule has 0 saturated heterocycles. The third kappa shape index (κ3) is 3.01. The van der Waals surface area contributed by atoms with Gasteiger partial charge in [-0.1, -0.05) is 12.1 Å². The standard InChI is InChI=1S/C18H15N3O2S2/c1-12(22)10-21-16-5-3-2-4-14(16)20-18(21)25(23)11-15-17-13(6-8-19-15)7-9-24-17/h2-9H,10-11H2,1H3. The lowest BCUT2D eigenvalue weighted by Crippen LogP contribution is -2.12. The fourth-order valence-electron chi connectivity index (χ4n) is 2.85. The Balaban J connectivity index is 1.77. The van der Waals surface area contributed by atoms with E-state index in [2.05, 4.69) is 9.97 Å². The number of nitrogens with zero attached hydrogens (tertiary/aromatic N) is 3. The molecule has 126 valence electrons. The monoisotopic (exact) mass is 369 g/mol. The number of aromatic nitrogens is 3. The molecular formula is C18H15N3O2S2. The first-order valence-corrected chi connectivity index (χ1v) is 9.97. The molecule has 0 fully saturated rings. The van der Waals surface area contributed by atoms with E-state index in [1.165, 1.54) is 6.92 Å². The summed E-state index contributed by atoms with van der Waals surface area (Å²) in [7, 11) is -1.39. The van der Waals surface area contributed by atoms with Gasteiger partial charge in [0, 0.05) is 6.20 Å². The van der Waals surface area contributed by atoms with E-state index < -0.39 is 10.8 Å². The number of hydrogen-bond donors (Lipinski definition) is 0. The topological polar surface area (TPSA) is 64.8 Å². The summed E-state index contributed by atoms with van der Waals surface area (Å²) in [6, 6.07) is 11.5. The minimum absolute atomic E-state index is 0.000105. The molecule has 0 bridgehead atoms. The molecular weight excluding hydrogens is 354 g/mol. The van der Waals surface area contributed by atoms with E-state index in [0.29, 0.717) is 5.16 Å². The number of hydrogen-bond acceptors (Lipinski definition) is 5. The number of imidazole rings is 1. The fourth-order valence-corrected chi connectivity index (χ4v) is 5.03. The maximum atomic E-state index is 13.0. The minimum Gasteiger partial charge on any atom is -0.309 e. The van der Waals surface area contributed by atoms with Crippen molar-refractivity contribution in [2.75, 3.05) is 0 Å². The van der Waals surface area contributed by atoms with Gasteiger partial charge >= 0.3 is 0 Å². The second-order valence-corrected chi connectivity index (χ2v) is 8.02. The van der Waals surface area contributed by atoms with Crippen LogP contribution in [-0.4, -0.2) is 24.5 Å². The van der Waals surface area contributed by atoms with E-state index in [4.69, 9.17) is 0 Å². The number of carbonyl (C=O) groups is 1. The van der Waals surface area contributed by atoms with Crippen LogP contribution in [0.25, 0.3) is 21.1 Å². The van der Waals surface area contributed by atoms with Crippen LogP contribution >= 0.6 is 11.3 Å². The summed E-state index contributed by atoms with van der Waals surface area (Å²) in [6.45, 7) is 1.69. The predicted molar refractivity (Wildman–Crippen MR) is 100 cm³/mol. The molecule has 7 heteroatoms. The third-order valence-corrected chi connectivity index (χ3v) is 6.15. The Bertz CT molecular complexity index is 1110. The lowest BCUT2D eigenvalue weighted by molar-refractivity contribution is -0.117. The lowest BCUT2D eigenvalue weighted by atomic mass is 10.3. The van der Waals surface area contributed by atoms with Gasteiger partial charge in [0.2, 0.25) is 5.16 Å². The predicted octanol–water partition coefficient (Wildman–Crippen LogP) is 3.54. The fraction of sp³-hybridized carbons (Fsp3) is 0.167. The van der Waals surface area contributed by atoms with Gasteiger partial charge < -0.3 is 4.57 Å². The number of ketones is 1. The van der Waals surface area contributed by atoms with Crippen LogP contribution < -0.4 is 0 Å². The minimum atomic E-state index is -1.39. The average Bonchev–Trinajstić information content (AvgIpc) is 3.20. The molecule has 0 aliphatic heterocycles. The zero-order chi connectivity index (χ0) is 17.4. The second-order valence-electron chi connectivity index (χ2n) is 5.76. The Hall–Kier alpha value is -2.38. The van der Waals surface area contributed by atoms with Gasteiger partial charge in [-0.3, -0.25) is 14.0 Å². The Labute approximate surface area is 150 Å². The molecule has 0 saturated carbocycles. The van der Waals surface area contributed by atoms with E-state index in [9.17, 15) is 9.00 Å². The van der Waals surface area contributed by atoms with Gasteiger partial charge in [-0.2, -0.15) is 0 Å². The van der Waals surface area contributed by atoms with Crippen LogP contribution in [0.1, 0.15) is 12.6 Å². The van der Waals surface area contributed by atoms with Crippen molar-refractivity contribution in [3.05, 3.63) is 53.7 Å². The molecule has 0 spiro atoms. The van der Waals surface area contributed by atoms with Crippen molar-refractivity contribution in [2.45, 2.75) is 24.4 Å². The number of benzene rings is 1. The summed E-state index contributed by atoms with van der Waals surface area (Å²) >= 11 is 1.59. The van der Waals surface area contributed by atoms with E-state index in [1.54, 1.807) is 22.1 Å². The highest BCUT2D eigenvalue weighted by Gasteiger charge is 2.19. The van der Waals surface area contributed by atoms with Crippen molar-refractivity contribution < 1.29 is 9.00 Å². The number of para-hydroxylation sites is 2. The molecule has 0 amide bonds. The first-order chi connectivity index (χ1) is 12.1. The quantitative estimate of drug-likeness (QED) is 0.540. The molecule has 4 aromatic rings. The van der Waals surface area contributed by atoms with Crippen LogP contribution in [0.5, 0.6) is 0 Å². The Kier molecular flexibility index (Phi) is 4.19. The Morgan fingerprint density at radius 3 is 2.92 bits per heavy atom. The molecule has 0 aliphatic rings. The number of fused-ring (bicyclic) bond motifs is 2. The molecule has 3 heterocycles. The maximum Gasteiger partial charge on any atom is 0.200 e. The summed E-state index contributed by atoms with van der Waals surface area (Å²) in [5.74, 6) is 0.277. The first-order valence-electron chi connectivity index (χ1n) is 7.77. The van der Waals surface area contributed by atoms with Gasteiger partial charge in [0.1, 0.15) is 5.78 Å². The van der Waals surface area contributed by atoms with Gasteiger partial charge in [0.15, 0.2) is 0 Å². The van der Waals surface area contributed by atoms with E-state index in [1.807, 2.05) is 41.8 Å². The molecule has 1 atom stereocenters. The summed E-state index contributed by atoms with van der Waals surface area (Å²) in [4.78, 5) is 20.6. The highest BCUT2D eigenvalue weighted by molar-refractivity contribution is 7.84. The van der Waals surface area contributed by atoms with Crippen molar-refractivity contribution in [3.8, 4) is 0 Å². The van der Waals surface area contributed by atoms with Crippen molar-refractivity contribution in [3.63, 3.8) is 0 Å². The van der Waals surface area contributed by atoms with Gasteiger partial charge in [0.05, 0.1) is 44.5 Å². The third-order valence-electron chi connectivity index (χ3n) is 3.91. The zero-order valence-electron chi connectivity index (χ0n) is 13.5. The zero-order valence-corrected chi connectivity index (χ0v) is 15.1. The van der Waals surface area contributed by atoms with Crippen LogP contribution in [-0.2, 0) is 27.9 Å². The highest BCUT2D eigenvalue weighted by atomic mass is 32.2. The van der Waals surface area contributed by atoms with Crippen LogP contribution in [0.3, 0.4) is 0 Å². The maximum absolute atomic E-state index is 13.0. The number of pyridine rings is 1. The number of rotatable bonds is 5. The number of Topliss-reactive ketones (excluding diaryl/α,β-unsaturated/α-hetero) is 1. The van der Waals surface area contributed by atoms with E-state index in [0.717, 1.165) is 26.8 Å².